The molecule has 1 aromatic carbocycles. The van der Waals surface area contributed by atoms with Gasteiger partial charge in [-0.3, -0.25) is 0 Å². The second kappa shape index (κ2) is 5.32. The molecule has 2 unspecified atom stereocenters. The van der Waals surface area contributed by atoms with Crippen LogP contribution in [-0.4, -0.2) is 25.3 Å². The maximum Gasteiger partial charge on any atom is 0.127 e. The van der Waals surface area contributed by atoms with Crippen molar-refractivity contribution in [2.24, 2.45) is 0 Å². The van der Waals surface area contributed by atoms with Gasteiger partial charge in [0.25, 0.3) is 0 Å². The lowest BCUT2D eigenvalue weighted by Crippen LogP contribution is -2.29. The third kappa shape index (κ3) is 2.54. The van der Waals surface area contributed by atoms with Gasteiger partial charge < -0.3 is 15.2 Å². The third-order valence-corrected chi connectivity index (χ3v) is 2.90. The standard InChI is InChI=1S/C13H21NO2/c1-8-6-9(2)13(16-5)11(7-8)12(15)10(3)14-4/h6-7,10,12,14-15H,1-5H3. The largest absolute Gasteiger partial charge is 0.496 e. The SMILES string of the molecule is CNC(C)C(O)c1cc(C)cc(C)c1OC. The van der Waals surface area contributed by atoms with Gasteiger partial charge in [0.15, 0.2) is 0 Å². The second-order valence-electron chi connectivity index (χ2n) is 4.23. The average Bonchev–Trinajstić information content (AvgIpc) is 2.26. The first kappa shape index (κ1) is 13.0. The highest BCUT2D eigenvalue weighted by atomic mass is 16.5. The summed E-state index contributed by atoms with van der Waals surface area (Å²) in [5, 5.41) is 13.3. The van der Waals surface area contributed by atoms with Crippen LogP contribution in [0.5, 0.6) is 5.75 Å². The fraction of sp³-hybridized carbons (Fsp3) is 0.538. The molecule has 3 heteroatoms. The quantitative estimate of drug-likeness (QED) is 0.820. The lowest BCUT2D eigenvalue weighted by Gasteiger charge is -2.22. The van der Waals surface area contributed by atoms with Gasteiger partial charge in [-0.25, -0.2) is 0 Å². The van der Waals surface area contributed by atoms with Crippen molar-refractivity contribution in [3.8, 4) is 5.75 Å². The first-order valence-electron chi connectivity index (χ1n) is 5.51. The lowest BCUT2D eigenvalue weighted by molar-refractivity contribution is 0.136. The topological polar surface area (TPSA) is 41.5 Å². The number of aliphatic hydroxyl groups excluding tert-OH is 1. The van der Waals surface area contributed by atoms with Gasteiger partial charge in [0.05, 0.1) is 13.2 Å². The number of nitrogens with one attached hydrogen (secondary N) is 1. The maximum atomic E-state index is 10.2. The summed E-state index contributed by atoms with van der Waals surface area (Å²) in [7, 11) is 3.47. The van der Waals surface area contributed by atoms with Crippen LogP contribution in [0.3, 0.4) is 0 Å². The lowest BCUT2D eigenvalue weighted by atomic mass is 9.97. The number of likely N-dealkylation sites (N-methyl/N-ethyl adjacent to an activating group) is 1. The molecule has 0 heterocycles. The first-order chi connectivity index (χ1) is 7.51. The Bertz CT molecular complexity index is 363. The summed E-state index contributed by atoms with van der Waals surface area (Å²) >= 11 is 0. The van der Waals surface area contributed by atoms with Gasteiger partial charge in [-0.15, -0.1) is 0 Å². The number of hydrogen-bond donors (Lipinski definition) is 2. The van der Waals surface area contributed by atoms with Crippen LogP contribution in [0, 0.1) is 13.8 Å². The minimum absolute atomic E-state index is 0.00454. The molecule has 0 spiro atoms. The van der Waals surface area contributed by atoms with Crippen LogP contribution in [0.2, 0.25) is 0 Å². The van der Waals surface area contributed by atoms with Crippen molar-refractivity contribution < 1.29 is 9.84 Å². The van der Waals surface area contributed by atoms with E-state index >= 15 is 0 Å². The Morgan fingerprint density at radius 3 is 2.44 bits per heavy atom. The second-order valence-corrected chi connectivity index (χ2v) is 4.23. The van der Waals surface area contributed by atoms with E-state index in [0.717, 1.165) is 22.4 Å². The van der Waals surface area contributed by atoms with Crippen LogP contribution in [0.1, 0.15) is 29.7 Å². The molecule has 0 aromatic heterocycles. The number of ether oxygens (including phenoxy) is 1. The summed E-state index contributed by atoms with van der Waals surface area (Å²) in [5.74, 6) is 0.778. The minimum atomic E-state index is -0.557. The summed E-state index contributed by atoms with van der Waals surface area (Å²) in [6.07, 6.45) is -0.557. The summed E-state index contributed by atoms with van der Waals surface area (Å²) in [5.41, 5.74) is 3.04. The molecule has 2 N–H and O–H groups in total. The van der Waals surface area contributed by atoms with E-state index in [9.17, 15) is 5.11 Å². The van der Waals surface area contributed by atoms with Gasteiger partial charge in [-0.1, -0.05) is 11.6 Å². The molecule has 0 saturated heterocycles. The number of methoxy groups -OCH3 is 1. The molecule has 0 amide bonds. The Balaban J connectivity index is 3.20. The summed E-state index contributed by atoms with van der Waals surface area (Å²) in [4.78, 5) is 0. The van der Waals surface area contributed by atoms with Crippen molar-refractivity contribution in [2.45, 2.75) is 32.9 Å². The van der Waals surface area contributed by atoms with Gasteiger partial charge >= 0.3 is 0 Å². The molecule has 16 heavy (non-hydrogen) atoms. The first-order valence-corrected chi connectivity index (χ1v) is 5.51. The Labute approximate surface area is 97.4 Å². The Morgan fingerprint density at radius 2 is 1.94 bits per heavy atom. The van der Waals surface area contributed by atoms with Crippen molar-refractivity contribution in [3.63, 3.8) is 0 Å². The van der Waals surface area contributed by atoms with Gasteiger partial charge in [0.2, 0.25) is 0 Å². The molecule has 0 fully saturated rings. The predicted molar refractivity (Wildman–Crippen MR) is 65.9 cm³/mol. The maximum absolute atomic E-state index is 10.2. The van der Waals surface area contributed by atoms with Crippen molar-refractivity contribution in [1.82, 2.24) is 5.32 Å². The van der Waals surface area contributed by atoms with Crippen molar-refractivity contribution in [3.05, 3.63) is 28.8 Å². The smallest absolute Gasteiger partial charge is 0.127 e. The molecule has 0 radical (unpaired) electrons. The average molecular weight is 223 g/mol. The molecule has 1 aromatic rings. The van der Waals surface area contributed by atoms with E-state index in [2.05, 4.69) is 11.4 Å². The van der Waals surface area contributed by atoms with E-state index in [-0.39, 0.29) is 6.04 Å². The van der Waals surface area contributed by atoms with Gasteiger partial charge in [-0.05, 0) is 39.4 Å². The molecule has 0 aliphatic carbocycles. The Morgan fingerprint density at radius 1 is 1.31 bits per heavy atom. The molecule has 2 atom stereocenters. The Hall–Kier alpha value is -1.06. The normalized spacial score (nSPS) is 14.6. The molecule has 90 valence electrons. The van der Waals surface area contributed by atoms with Crippen LogP contribution >= 0.6 is 0 Å². The summed E-state index contributed by atoms with van der Waals surface area (Å²) in [6.45, 7) is 5.96. The fourth-order valence-corrected chi connectivity index (χ4v) is 1.91. The van der Waals surface area contributed by atoms with Crippen molar-refractivity contribution >= 4 is 0 Å². The van der Waals surface area contributed by atoms with Crippen LogP contribution in [0.15, 0.2) is 12.1 Å². The van der Waals surface area contributed by atoms with Gasteiger partial charge in [-0.2, -0.15) is 0 Å². The molecule has 3 nitrogen and oxygen atoms in total. The minimum Gasteiger partial charge on any atom is -0.496 e. The summed E-state index contributed by atoms with van der Waals surface area (Å²) < 4.78 is 5.36. The molecule has 0 saturated carbocycles. The van der Waals surface area contributed by atoms with Crippen LogP contribution < -0.4 is 10.1 Å². The molecule has 1 rings (SSSR count). The number of benzene rings is 1. The monoisotopic (exact) mass is 223 g/mol. The molecule has 0 aliphatic heterocycles. The molecule has 0 aliphatic rings. The number of hydrogen-bond acceptors (Lipinski definition) is 3. The molecular weight excluding hydrogens is 202 g/mol. The third-order valence-electron chi connectivity index (χ3n) is 2.90. The predicted octanol–water partition coefficient (Wildman–Crippen LogP) is 1.95. The highest BCUT2D eigenvalue weighted by molar-refractivity contribution is 5.45. The summed E-state index contributed by atoms with van der Waals surface area (Å²) in [6, 6.07) is 4.03. The van der Waals surface area contributed by atoms with E-state index in [4.69, 9.17) is 4.74 Å². The fourth-order valence-electron chi connectivity index (χ4n) is 1.91. The van der Waals surface area contributed by atoms with Crippen molar-refractivity contribution in [1.29, 1.82) is 0 Å². The highest BCUT2D eigenvalue weighted by Crippen LogP contribution is 2.31. The zero-order chi connectivity index (χ0) is 12.3. The van der Waals surface area contributed by atoms with E-state index < -0.39 is 6.10 Å². The molecule has 0 bridgehead atoms. The van der Waals surface area contributed by atoms with Crippen LogP contribution in [-0.2, 0) is 0 Å². The zero-order valence-electron chi connectivity index (χ0n) is 10.7. The van der Waals surface area contributed by atoms with E-state index in [1.807, 2.05) is 33.9 Å². The Kier molecular flexibility index (Phi) is 4.33. The highest BCUT2D eigenvalue weighted by Gasteiger charge is 2.20. The number of rotatable bonds is 4. The van der Waals surface area contributed by atoms with Gasteiger partial charge in [0, 0.05) is 11.6 Å². The van der Waals surface area contributed by atoms with E-state index in [1.165, 1.54) is 0 Å². The van der Waals surface area contributed by atoms with E-state index in [0.29, 0.717) is 0 Å². The number of aliphatic hydroxyl groups is 1. The van der Waals surface area contributed by atoms with Crippen LogP contribution in [0.25, 0.3) is 0 Å². The van der Waals surface area contributed by atoms with Gasteiger partial charge in [0.1, 0.15) is 5.75 Å². The number of aryl methyl sites for hydroxylation is 2. The van der Waals surface area contributed by atoms with E-state index in [1.54, 1.807) is 7.11 Å². The van der Waals surface area contributed by atoms with Crippen LogP contribution in [0.4, 0.5) is 0 Å². The zero-order valence-corrected chi connectivity index (χ0v) is 10.7. The molecular formula is C13H21NO2. The van der Waals surface area contributed by atoms with Crippen molar-refractivity contribution in [2.75, 3.05) is 14.2 Å².